The Labute approximate surface area is 162 Å². The van der Waals surface area contributed by atoms with Gasteiger partial charge >= 0.3 is 0 Å². The van der Waals surface area contributed by atoms with E-state index in [9.17, 15) is 9.18 Å². The molecule has 0 radical (unpaired) electrons. The quantitative estimate of drug-likeness (QED) is 0.524. The minimum Gasteiger partial charge on any atom is -0.494 e. The van der Waals surface area contributed by atoms with Crippen molar-refractivity contribution in [2.24, 2.45) is 0 Å². The van der Waals surface area contributed by atoms with Gasteiger partial charge in [0.25, 0.3) is 5.56 Å². The fourth-order valence-corrected chi connectivity index (χ4v) is 3.71. The van der Waals surface area contributed by atoms with E-state index in [2.05, 4.69) is 10.1 Å². The van der Waals surface area contributed by atoms with Crippen LogP contribution < -0.4 is 14.8 Å². The molecule has 0 aliphatic heterocycles. The SMILES string of the molecule is CCOc1ccc(-c2nc3s/c(=C/c4c(F)cccc4Cl)c(=O)n3n2)cc1. The number of hydrogen-bond acceptors (Lipinski definition) is 5. The number of thiazole rings is 1. The lowest BCUT2D eigenvalue weighted by Crippen LogP contribution is -2.23. The first kappa shape index (κ1) is 17.6. The van der Waals surface area contributed by atoms with Gasteiger partial charge in [-0.2, -0.15) is 9.50 Å². The van der Waals surface area contributed by atoms with Crippen molar-refractivity contribution in [1.29, 1.82) is 0 Å². The summed E-state index contributed by atoms with van der Waals surface area (Å²) in [5, 5.41) is 4.52. The molecule has 4 rings (SSSR count). The summed E-state index contributed by atoms with van der Waals surface area (Å²) in [5.41, 5.74) is 0.586. The van der Waals surface area contributed by atoms with Crippen molar-refractivity contribution in [2.45, 2.75) is 6.92 Å². The lowest BCUT2D eigenvalue weighted by atomic mass is 10.2. The average Bonchev–Trinajstić information content (AvgIpc) is 3.19. The fraction of sp³-hybridized carbons (Fsp3) is 0.105. The molecule has 0 atom stereocenters. The van der Waals surface area contributed by atoms with Gasteiger partial charge in [-0.05, 0) is 49.4 Å². The lowest BCUT2D eigenvalue weighted by Gasteiger charge is -2.02. The Morgan fingerprint density at radius 2 is 2.04 bits per heavy atom. The third-order valence-corrected chi connectivity index (χ3v) is 5.17. The number of benzene rings is 2. The Morgan fingerprint density at radius 1 is 1.26 bits per heavy atom. The smallest absolute Gasteiger partial charge is 0.291 e. The molecular weight excluding hydrogens is 389 g/mol. The normalized spacial score (nSPS) is 12.0. The van der Waals surface area contributed by atoms with Crippen LogP contribution in [0.4, 0.5) is 4.39 Å². The standard InChI is InChI=1S/C19H13ClFN3O2S/c1-2-26-12-8-6-11(7-9-12)17-22-19-24(23-17)18(25)16(27-19)10-13-14(20)4-3-5-15(13)21/h3-10H,2H2,1H3/b16-10+. The second-order valence-electron chi connectivity index (χ2n) is 5.64. The number of halogens is 2. The molecule has 0 saturated carbocycles. The molecule has 8 heteroatoms. The Morgan fingerprint density at radius 3 is 2.70 bits per heavy atom. The van der Waals surface area contributed by atoms with Crippen molar-refractivity contribution in [3.63, 3.8) is 0 Å². The highest BCUT2D eigenvalue weighted by molar-refractivity contribution is 7.15. The van der Waals surface area contributed by atoms with Gasteiger partial charge in [-0.1, -0.05) is 29.0 Å². The molecular formula is C19H13ClFN3O2S. The van der Waals surface area contributed by atoms with E-state index in [-0.39, 0.29) is 16.1 Å². The minimum absolute atomic E-state index is 0.174. The fourth-order valence-electron chi connectivity index (χ4n) is 2.60. The van der Waals surface area contributed by atoms with Crippen LogP contribution in [0.15, 0.2) is 47.3 Å². The van der Waals surface area contributed by atoms with Crippen molar-refractivity contribution in [2.75, 3.05) is 6.61 Å². The highest BCUT2D eigenvalue weighted by Gasteiger charge is 2.13. The van der Waals surface area contributed by atoms with E-state index in [0.29, 0.717) is 21.9 Å². The van der Waals surface area contributed by atoms with Gasteiger partial charge in [0.2, 0.25) is 4.96 Å². The van der Waals surface area contributed by atoms with Crippen molar-refractivity contribution in [1.82, 2.24) is 14.6 Å². The summed E-state index contributed by atoms with van der Waals surface area (Å²) in [6.45, 7) is 2.50. The summed E-state index contributed by atoms with van der Waals surface area (Å²) < 4.78 is 20.9. The van der Waals surface area contributed by atoms with E-state index < -0.39 is 5.82 Å². The van der Waals surface area contributed by atoms with Gasteiger partial charge < -0.3 is 4.74 Å². The van der Waals surface area contributed by atoms with Gasteiger partial charge in [-0.3, -0.25) is 4.79 Å². The van der Waals surface area contributed by atoms with Gasteiger partial charge in [0.05, 0.1) is 16.2 Å². The molecule has 4 aromatic rings. The van der Waals surface area contributed by atoms with E-state index >= 15 is 0 Å². The van der Waals surface area contributed by atoms with Gasteiger partial charge in [-0.25, -0.2) is 4.39 Å². The zero-order valence-electron chi connectivity index (χ0n) is 14.1. The molecule has 27 heavy (non-hydrogen) atoms. The molecule has 2 aromatic heterocycles. The van der Waals surface area contributed by atoms with Crippen LogP contribution in [-0.4, -0.2) is 21.2 Å². The zero-order valence-corrected chi connectivity index (χ0v) is 15.7. The van der Waals surface area contributed by atoms with Crippen LogP contribution in [0.3, 0.4) is 0 Å². The molecule has 5 nitrogen and oxygen atoms in total. The van der Waals surface area contributed by atoms with Gasteiger partial charge in [0.1, 0.15) is 11.6 Å². The number of rotatable bonds is 4. The molecule has 0 bridgehead atoms. The van der Waals surface area contributed by atoms with E-state index in [1.165, 1.54) is 22.7 Å². The molecule has 0 amide bonds. The maximum absolute atomic E-state index is 14.0. The number of ether oxygens (including phenoxy) is 1. The molecule has 0 aliphatic carbocycles. The van der Waals surface area contributed by atoms with Gasteiger partial charge in [0.15, 0.2) is 5.82 Å². The molecule has 136 valence electrons. The zero-order chi connectivity index (χ0) is 19.0. The van der Waals surface area contributed by atoms with Crippen molar-refractivity contribution >= 4 is 34.0 Å². The largest absolute Gasteiger partial charge is 0.494 e. The van der Waals surface area contributed by atoms with Gasteiger partial charge in [0, 0.05) is 11.1 Å². The Kier molecular flexibility index (Phi) is 4.63. The monoisotopic (exact) mass is 401 g/mol. The third kappa shape index (κ3) is 3.31. The number of aromatic nitrogens is 3. The molecule has 0 fully saturated rings. The predicted octanol–water partition coefficient (Wildman–Crippen LogP) is 3.56. The first-order chi connectivity index (χ1) is 13.1. The van der Waals surface area contributed by atoms with Crippen LogP contribution in [-0.2, 0) is 0 Å². The van der Waals surface area contributed by atoms with E-state index in [1.54, 1.807) is 6.07 Å². The summed E-state index contributed by atoms with van der Waals surface area (Å²) >= 11 is 7.16. The Bertz CT molecular complexity index is 1210. The summed E-state index contributed by atoms with van der Waals surface area (Å²) in [6, 6.07) is 11.7. The third-order valence-electron chi connectivity index (χ3n) is 3.88. The van der Waals surface area contributed by atoms with Gasteiger partial charge in [-0.15, -0.1) is 5.10 Å². The summed E-state index contributed by atoms with van der Waals surface area (Å²) in [6.07, 6.45) is 1.43. The van der Waals surface area contributed by atoms with E-state index in [0.717, 1.165) is 22.6 Å². The number of fused-ring (bicyclic) bond motifs is 1. The molecule has 0 unspecified atom stereocenters. The second kappa shape index (κ2) is 7.09. The second-order valence-corrected chi connectivity index (χ2v) is 7.05. The van der Waals surface area contributed by atoms with Crippen LogP contribution in [0.2, 0.25) is 5.02 Å². The maximum Gasteiger partial charge on any atom is 0.291 e. The highest BCUT2D eigenvalue weighted by atomic mass is 35.5. The number of nitrogens with zero attached hydrogens (tertiary/aromatic N) is 3. The minimum atomic E-state index is -0.490. The summed E-state index contributed by atoms with van der Waals surface area (Å²) in [7, 11) is 0. The summed E-state index contributed by atoms with van der Waals surface area (Å²) in [4.78, 5) is 17.4. The van der Waals surface area contributed by atoms with Crippen molar-refractivity contribution < 1.29 is 9.13 Å². The highest BCUT2D eigenvalue weighted by Crippen LogP contribution is 2.21. The average molecular weight is 402 g/mol. The molecule has 2 aromatic carbocycles. The van der Waals surface area contributed by atoms with Crippen LogP contribution in [0.25, 0.3) is 22.4 Å². The van der Waals surface area contributed by atoms with E-state index in [4.69, 9.17) is 16.3 Å². The molecule has 0 N–H and O–H groups in total. The summed E-state index contributed by atoms with van der Waals surface area (Å²) in [5.74, 6) is 0.707. The molecule has 0 saturated heterocycles. The maximum atomic E-state index is 14.0. The predicted molar refractivity (Wildman–Crippen MR) is 104 cm³/mol. The lowest BCUT2D eigenvalue weighted by molar-refractivity contribution is 0.340. The van der Waals surface area contributed by atoms with Crippen LogP contribution in [0.5, 0.6) is 5.75 Å². The van der Waals surface area contributed by atoms with Crippen molar-refractivity contribution in [3.8, 4) is 17.1 Å². The first-order valence-electron chi connectivity index (χ1n) is 8.15. The first-order valence-corrected chi connectivity index (χ1v) is 9.35. The molecule has 0 aliphatic rings. The van der Waals surface area contributed by atoms with E-state index in [1.807, 2.05) is 31.2 Å². The topological polar surface area (TPSA) is 56.5 Å². The Hall–Kier alpha value is -2.77. The molecule has 2 heterocycles. The van der Waals surface area contributed by atoms with Crippen LogP contribution >= 0.6 is 22.9 Å². The van der Waals surface area contributed by atoms with Crippen molar-refractivity contribution in [3.05, 3.63) is 73.8 Å². The van der Waals surface area contributed by atoms with Crippen LogP contribution in [0.1, 0.15) is 12.5 Å². The number of hydrogen-bond donors (Lipinski definition) is 0. The van der Waals surface area contributed by atoms with Crippen LogP contribution in [0, 0.1) is 5.82 Å². The Balaban J connectivity index is 1.76. The molecule has 0 spiro atoms.